The second kappa shape index (κ2) is 6.19. The monoisotopic (exact) mass is 310 g/mol. The van der Waals surface area contributed by atoms with Gasteiger partial charge in [-0.15, -0.1) is 11.3 Å². The first-order chi connectivity index (χ1) is 9.49. The van der Waals surface area contributed by atoms with Crippen molar-refractivity contribution in [3.05, 3.63) is 16.8 Å². The molecule has 0 aromatic carbocycles. The molecule has 2 aromatic rings. The number of fused-ring (bicyclic) bond motifs is 1. The van der Waals surface area contributed by atoms with Crippen LogP contribution < -0.4 is 10.9 Å². The molecular formula is C12H14N4O2S2. The van der Waals surface area contributed by atoms with E-state index in [9.17, 15) is 9.59 Å². The van der Waals surface area contributed by atoms with Crippen LogP contribution in [0.15, 0.2) is 11.4 Å². The van der Waals surface area contributed by atoms with Crippen molar-refractivity contribution in [2.24, 2.45) is 0 Å². The summed E-state index contributed by atoms with van der Waals surface area (Å²) in [6, 6.07) is 0. The van der Waals surface area contributed by atoms with E-state index < -0.39 is 0 Å². The van der Waals surface area contributed by atoms with E-state index in [-0.39, 0.29) is 17.6 Å². The largest absolute Gasteiger partial charge is 0.274 e. The van der Waals surface area contributed by atoms with Crippen molar-refractivity contribution in [3.8, 4) is 0 Å². The molecule has 8 heteroatoms. The standard InChI is InChI=1S/C12H14N4O2S2/c1-6-7(2)20-12-10(6)11(13-5-14-12)19-4-9(18)16-15-8(3)17/h5H,4H2,1-3H3,(H,15,17)(H,16,18). The van der Waals surface area contributed by atoms with Crippen LogP contribution in [0.5, 0.6) is 0 Å². The zero-order valence-corrected chi connectivity index (χ0v) is 12.9. The molecule has 0 aliphatic heterocycles. The molecule has 0 fully saturated rings. The van der Waals surface area contributed by atoms with Gasteiger partial charge >= 0.3 is 0 Å². The van der Waals surface area contributed by atoms with Crippen LogP contribution in [0.3, 0.4) is 0 Å². The smallest absolute Gasteiger partial charge is 0.248 e. The summed E-state index contributed by atoms with van der Waals surface area (Å²) < 4.78 is 0. The van der Waals surface area contributed by atoms with Crippen LogP contribution in [-0.4, -0.2) is 27.5 Å². The van der Waals surface area contributed by atoms with E-state index in [1.165, 1.54) is 29.9 Å². The fourth-order valence-corrected chi connectivity index (χ4v) is 3.50. The third kappa shape index (κ3) is 3.26. The predicted octanol–water partition coefficient (Wildman–Crippen LogP) is 1.57. The van der Waals surface area contributed by atoms with Crippen molar-refractivity contribution in [1.82, 2.24) is 20.8 Å². The maximum absolute atomic E-state index is 11.6. The molecule has 2 heterocycles. The molecule has 2 N–H and O–H groups in total. The number of thiophene rings is 1. The van der Waals surface area contributed by atoms with E-state index in [0.717, 1.165) is 20.8 Å². The molecule has 0 aliphatic carbocycles. The van der Waals surface area contributed by atoms with E-state index in [1.807, 2.05) is 13.8 Å². The van der Waals surface area contributed by atoms with Crippen LogP contribution in [0.1, 0.15) is 17.4 Å². The zero-order valence-electron chi connectivity index (χ0n) is 11.3. The number of carbonyl (C=O) groups is 2. The first-order valence-corrected chi connectivity index (χ1v) is 7.68. The van der Waals surface area contributed by atoms with Gasteiger partial charge in [-0.2, -0.15) is 0 Å². The first-order valence-electron chi connectivity index (χ1n) is 5.88. The van der Waals surface area contributed by atoms with E-state index in [1.54, 1.807) is 11.3 Å². The van der Waals surface area contributed by atoms with Gasteiger partial charge in [0, 0.05) is 17.2 Å². The summed E-state index contributed by atoms with van der Waals surface area (Å²) in [7, 11) is 0. The lowest BCUT2D eigenvalue weighted by Gasteiger charge is -2.05. The first kappa shape index (κ1) is 14.7. The van der Waals surface area contributed by atoms with Crippen molar-refractivity contribution < 1.29 is 9.59 Å². The Morgan fingerprint density at radius 1 is 1.30 bits per heavy atom. The second-order valence-corrected chi connectivity index (χ2v) is 6.33. The number of thioether (sulfide) groups is 1. The zero-order chi connectivity index (χ0) is 14.7. The summed E-state index contributed by atoms with van der Waals surface area (Å²) in [5.74, 6) is -0.403. The predicted molar refractivity (Wildman–Crippen MR) is 79.6 cm³/mol. The van der Waals surface area contributed by atoms with Crippen LogP contribution >= 0.6 is 23.1 Å². The van der Waals surface area contributed by atoms with E-state index in [2.05, 4.69) is 20.8 Å². The van der Waals surface area contributed by atoms with Gasteiger partial charge in [-0.1, -0.05) is 11.8 Å². The van der Waals surface area contributed by atoms with Gasteiger partial charge in [0.2, 0.25) is 11.8 Å². The summed E-state index contributed by atoms with van der Waals surface area (Å²) >= 11 is 2.95. The fourth-order valence-electron chi connectivity index (χ4n) is 1.59. The van der Waals surface area contributed by atoms with Gasteiger partial charge in [-0.25, -0.2) is 9.97 Å². The van der Waals surface area contributed by atoms with Crippen molar-refractivity contribution in [3.63, 3.8) is 0 Å². The molecule has 20 heavy (non-hydrogen) atoms. The van der Waals surface area contributed by atoms with Gasteiger partial charge < -0.3 is 0 Å². The van der Waals surface area contributed by atoms with Crippen LogP contribution in [0.25, 0.3) is 10.2 Å². The molecule has 2 amide bonds. The number of amides is 2. The minimum absolute atomic E-state index is 0.181. The second-order valence-electron chi connectivity index (χ2n) is 4.16. The summed E-state index contributed by atoms with van der Waals surface area (Å²) in [6.45, 7) is 5.40. The molecule has 0 saturated carbocycles. The lowest BCUT2D eigenvalue weighted by Crippen LogP contribution is -2.41. The van der Waals surface area contributed by atoms with E-state index in [4.69, 9.17) is 0 Å². The quantitative estimate of drug-likeness (QED) is 0.511. The van der Waals surface area contributed by atoms with Crippen molar-refractivity contribution in [2.75, 3.05) is 5.75 Å². The molecule has 0 radical (unpaired) electrons. The Morgan fingerprint density at radius 3 is 2.75 bits per heavy atom. The number of nitrogens with one attached hydrogen (secondary N) is 2. The third-order valence-corrected chi connectivity index (χ3v) is 4.75. The molecule has 0 aliphatic rings. The molecule has 106 valence electrons. The lowest BCUT2D eigenvalue weighted by molar-refractivity contribution is -0.126. The van der Waals surface area contributed by atoms with Crippen molar-refractivity contribution >= 4 is 45.1 Å². The maximum atomic E-state index is 11.6. The summed E-state index contributed by atoms with van der Waals surface area (Å²) in [5, 5.41) is 1.79. The van der Waals surface area contributed by atoms with Crippen LogP contribution in [0, 0.1) is 13.8 Å². The van der Waals surface area contributed by atoms with Gasteiger partial charge in [0.1, 0.15) is 16.2 Å². The summed E-state index contributed by atoms with van der Waals surface area (Å²) in [5.41, 5.74) is 5.72. The molecule has 6 nitrogen and oxygen atoms in total. The summed E-state index contributed by atoms with van der Waals surface area (Å²) in [6.07, 6.45) is 1.51. The molecule has 0 unspecified atom stereocenters. The van der Waals surface area contributed by atoms with Crippen molar-refractivity contribution in [2.45, 2.75) is 25.8 Å². The molecular weight excluding hydrogens is 296 g/mol. The highest BCUT2D eigenvalue weighted by atomic mass is 32.2. The average Bonchev–Trinajstić information content (AvgIpc) is 2.70. The SMILES string of the molecule is CC(=O)NNC(=O)CSc1ncnc2sc(C)c(C)c12. The van der Waals surface area contributed by atoms with Gasteiger partial charge in [-0.05, 0) is 19.4 Å². The Morgan fingerprint density at radius 2 is 2.05 bits per heavy atom. The highest BCUT2D eigenvalue weighted by Crippen LogP contribution is 2.34. The van der Waals surface area contributed by atoms with Crippen LogP contribution in [0.4, 0.5) is 0 Å². The van der Waals surface area contributed by atoms with Gasteiger partial charge in [0.15, 0.2) is 0 Å². The number of nitrogens with zero attached hydrogens (tertiary/aromatic N) is 2. The van der Waals surface area contributed by atoms with E-state index in [0.29, 0.717) is 0 Å². The minimum atomic E-state index is -0.308. The molecule has 0 atom stereocenters. The highest BCUT2D eigenvalue weighted by molar-refractivity contribution is 8.00. The topological polar surface area (TPSA) is 84.0 Å². The normalized spacial score (nSPS) is 10.6. The van der Waals surface area contributed by atoms with E-state index >= 15 is 0 Å². The molecule has 2 aromatic heterocycles. The average molecular weight is 310 g/mol. The number of aromatic nitrogens is 2. The van der Waals surface area contributed by atoms with Gasteiger partial charge in [-0.3, -0.25) is 20.4 Å². The number of rotatable bonds is 3. The molecule has 0 bridgehead atoms. The Bertz CT molecular complexity index is 669. The maximum Gasteiger partial charge on any atom is 0.248 e. The van der Waals surface area contributed by atoms with Gasteiger partial charge in [0.05, 0.1) is 5.75 Å². The highest BCUT2D eigenvalue weighted by Gasteiger charge is 2.13. The fraction of sp³-hybridized carbons (Fsp3) is 0.333. The molecule has 0 spiro atoms. The van der Waals surface area contributed by atoms with Crippen LogP contribution in [-0.2, 0) is 9.59 Å². The number of carbonyl (C=O) groups excluding carboxylic acids is 2. The Balaban J connectivity index is 2.10. The van der Waals surface area contributed by atoms with Crippen LogP contribution in [0.2, 0.25) is 0 Å². The molecule has 2 rings (SSSR count). The molecule has 0 saturated heterocycles. The number of hydrazine groups is 1. The number of aryl methyl sites for hydroxylation is 2. The number of hydrogen-bond acceptors (Lipinski definition) is 6. The Kier molecular flexibility index (Phi) is 4.56. The summed E-state index contributed by atoms with van der Waals surface area (Å²) in [4.78, 5) is 32.9. The minimum Gasteiger partial charge on any atom is -0.274 e. The van der Waals surface area contributed by atoms with Gasteiger partial charge in [0.25, 0.3) is 0 Å². The lowest BCUT2D eigenvalue weighted by atomic mass is 10.2. The Hall–Kier alpha value is -1.67. The third-order valence-electron chi connectivity index (χ3n) is 2.65. The number of hydrogen-bond donors (Lipinski definition) is 2. The Labute approximate surface area is 124 Å². The van der Waals surface area contributed by atoms with Crippen molar-refractivity contribution in [1.29, 1.82) is 0 Å².